The zero-order valence-corrected chi connectivity index (χ0v) is 14.8. The highest BCUT2D eigenvalue weighted by molar-refractivity contribution is 6.09. The lowest BCUT2D eigenvalue weighted by Gasteiger charge is -2.37. The van der Waals surface area contributed by atoms with Crippen LogP contribution in [-0.2, 0) is 19.4 Å². The molecule has 1 unspecified atom stereocenters. The second kappa shape index (κ2) is 6.20. The molecule has 4 nitrogen and oxygen atoms in total. The summed E-state index contributed by atoms with van der Waals surface area (Å²) in [5.74, 6) is 0.129. The van der Waals surface area contributed by atoms with Gasteiger partial charge in [0.15, 0.2) is 0 Å². The molecule has 0 aliphatic carbocycles. The molecule has 0 saturated heterocycles. The summed E-state index contributed by atoms with van der Waals surface area (Å²) in [4.78, 5) is 15.5. The molecule has 0 fully saturated rings. The molecule has 4 heteroatoms. The normalized spacial score (nSPS) is 21.7. The van der Waals surface area contributed by atoms with Gasteiger partial charge in [-0.2, -0.15) is 0 Å². The largest absolute Gasteiger partial charge is 0.387 e. The van der Waals surface area contributed by atoms with Gasteiger partial charge in [-0.25, -0.2) is 0 Å². The van der Waals surface area contributed by atoms with Gasteiger partial charge < -0.3 is 14.8 Å². The number of rotatable bonds is 2. The molecular weight excluding hydrogens is 322 g/mol. The summed E-state index contributed by atoms with van der Waals surface area (Å²) in [6, 6.07) is 12.2. The van der Waals surface area contributed by atoms with Crippen molar-refractivity contribution in [1.29, 1.82) is 0 Å². The van der Waals surface area contributed by atoms with E-state index in [-0.39, 0.29) is 11.9 Å². The lowest BCUT2D eigenvalue weighted by atomic mass is 9.92. The van der Waals surface area contributed by atoms with Crippen molar-refractivity contribution in [2.75, 3.05) is 11.4 Å². The maximum atomic E-state index is 13.5. The molecule has 0 saturated carbocycles. The van der Waals surface area contributed by atoms with Crippen LogP contribution in [0.3, 0.4) is 0 Å². The van der Waals surface area contributed by atoms with E-state index in [0.29, 0.717) is 0 Å². The van der Waals surface area contributed by atoms with Crippen LogP contribution in [0.4, 0.5) is 5.69 Å². The molecule has 0 spiro atoms. The Morgan fingerprint density at radius 1 is 1.12 bits per heavy atom. The van der Waals surface area contributed by atoms with Crippen molar-refractivity contribution < 1.29 is 4.79 Å². The number of para-hydroxylation sites is 1. The Kier molecular flexibility index (Phi) is 3.70. The fraction of sp³-hybridized carbons (Fsp3) is 0.318. The fourth-order valence-electron chi connectivity index (χ4n) is 4.51. The second-order valence-electron chi connectivity index (χ2n) is 7.29. The monoisotopic (exact) mass is 345 g/mol. The number of carbonyl (C=O) groups is 1. The van der Waals surface area contributed by atoms with Gasteiger partial charge in [-0.1, -0.05) is 30.4 Å². The van der Waals surface area contributed by atoms with Crippen LogP contribution in [0.25, 0.3) is 0 Å². The summed E-state index contributed by atoms with van der Waals surface area (Å²) >= 11 is 0. The summed E-state index contributed by atoms with van der Waals surface area (Å²) in [6.07, 6.45) is 10.7. The molecule has 1 N–H and O–H groups in total. The van der Waals surface area contributed by atoms with Crippen molar-refractivity contribution in [3.05, 3.63) is 77.3 Å². The number of amides is 1. The number of aromatic nitrogens is 1. The number of nitrogens with one attached hydrogen (secondary N) is 1. The van der Waals surface area contributed by atoms with Gasteiger partial charge in [-0.3, -0.25) is 4.79 Å². The van der Waals surface area contributed by atoms with Crippen LogP contribution < -0.4 is 10.2 Å². The molecule has 132 valence electrons. The maximum absolute atomic E-state index is 13.5. The second-order valence-corrected chi connectivity index (χ2v) is 7.29. The van der Waals surface area contributed by atoms with Gasteiger partial charge in [0.1, 0.15) is 0 Å². The molecule has 1 atom stereocenters. The van der Waals surface area contributed by atoms with Gasteiger partial charge in [0.25, 0.3) is 5.91 Å². The van der Waals surface area contributed by atoms with Gasteiger partial charge in [0, 0.05) is 42.8 Å². The number of hydrogen-bond donors (Lipinski definition) is 1. The van der Waals surface area contributed by atoms with Crippen LogP contribution in [0, 0.1) is 0 Å². The van der Waals surface area contributed by atoms with Crippen molar-refractivity contribution in [1.82, 2.24) is 9.88 Å². The van der Waals surface area contributed by atoms with Gasteiger partial charge in [0.05, 0.1) is 11.6 Å². The summed E-state index contributed by atoms with van der Waals surface area (Å²) in [5, 5.41) is 3.31. The number of dihydropyridines is 1. The number of anilines is 1. The molecule has 3 aliphatic rings. The van der Waals surface area contributed by atoms with E-state index in [4.69, 9.17) is 0 Å². The topological polar surface area (TPSA) is 37.3 Å². The van der Waals surface area contributed by atoms with Gasteiger partial charge in [-0.15, -0.1) is 0 Å². The summed E-state index contributed by atoms with van der Waals surface area (Å²) in [5.41, 5.74) is 5.59. The quantitative estimate of drug-likeness (QED) is 0.905. The van der Waals surface area contributed by atoms with Crippen LogP contribution >= 0.6 is 0 Å². The van der Waals surface area contributed by atoms with Crippen LogP contribution in [0.2, 0.25) is 0 Å². The summed E-state index contributed by atoms with van der Waals surface area (Å²) < 4.78 is 2.41. The average Bonchev–Trinajstić information content (AvgIpc) is 3.08. The van der Waals surface area contributed by atoms with E-state index < -0.39 is 0 Å². The molecule has 0 bridgehead atoms. The molecule has 2 aromatic rings. The third-order valence-electron chi connectivity index (χ3n) is 5.74. The number of aryl methyl sites for hydroxylation is 1. The van der Waals surface area contributed by atoms with E-state index in [1.807, 2.05) is 35.2 Å². The van der Waals surface area contributed by atoms with Crippen LogP contribution in [0.15, 0.2) is 60.3 Å². The lowest BCUT2D eigenvalue weighted by Crippen LogP contribution is -2.47. The molecule has 0 radical (unpaired) electrons. The lowest BCUT2D eigenvalue weighted by molar-refractivity contribution is 0.0971. The Morgan fingerprint density at radius 2 is 2.00 bits per heavy atom. The zero-order valence-electron chi connectivity index (χ0n) is 14.8. The molecule has 1 amide bonds. The molecule has 3 aliphatic heterocycles. The van der Waals surface area contributed by atoms with E-state index in [0.717, 1.165) is 37.2 Å². The fourth-order valence-corrected chi connectivity index (χ4v) is 4.51. The molecular formula is C22H23N3O. The first-order chi connectivity index (χ1) is 12.8. The van der Waals surface area contributed by atoms with E-state index in [1.54, 1.807) is 0 Å². The smallest absolute Gasteiger partial charge is 0.260 e. The third-order valence-corrected chi connectivity index (χ3v) is 5.74. The van der Waals surface area contributed by atoms with Crippen molar-refractivity contribution >= 4 is 11.6 Å². The van der Waals surface area contributed by atoms with E-state index >= 15 is 0 Å². The van der Waals surface area contributed by atoms with Crippen molar-refractivity contribution in [3.8, 4) is 0 Å². The first-order valence-corrected chi connectivity index (χ1v) is 9.53. The van der Waals surface area contributed by atoms with E-state index in [2.05, 4.69) is 34.3 Å². The van der Waals surface area contributed by atoms with Crippen molar-refractivity contribution in [2.45, 2.75) is 38.3 Å². The first kappa shape index (κ1) is 15.5. The third kappa shape index (κ3) is 2.40. The van der Waals surface area contributed by atoms with Gasteiger partial charge >= 0.3 is 0 Å². The number of hydrogen-bond acceptors (Lipinski definition) is 2. The number of fused-ring (bicyclic) bond motifs is 3. The number of carbonyl (C=O) groups excluding carboxylic acids is 1. The minimum atomic E-state index is 0.0300. The molecule has 1 aromatic carbocycles. The predicted octanol–water partition coefficient (Wildman–Crippen LogP) is 3.44. The molecule has 5 rings (SSSR count). The average molecular weight is 345 g/mol. The Balaban J connectivity index is 1.64. The summed E-state index contributed by atoms with van der Waals surface area (Å²) in [6.45, 7) is 1.89. The number of benzene rings is 1. The first-order valence-electron chi connectivity index (χ1n) is 9.53. The molecule has 4 heterocycles. The predicted molar refractivity (Wildman–Crippen MR) is 103 cm³/mol. The van der Waals surface area contributed by atoms with E-state index in [1.165, 1.54) is 29.8 Å². The van der Waals surface area contributed by atoms with Crippen LogP contribution in [0.5, 0.6) is 0 Å². The van der Waals surface area contributed by atoms with Gasteiger partial charge in [0.2, 0.25) is 0 Å². The summed E-state index contributed by atoms with van der Waals surface area (Å²) in [7, 11) is 0. The SMILES string of the molecule is O=C1c2cc3n(c2CC(C2=CNCC=C2)N1c1ccccc1)CCCC3. The van der Waals surface area contributed by atoms with Gasteiger partial charge in [-0.05, 0) is 43.0 Å². The highest BCUT2D eigenvalue weighted by Crippen LogP contribution is 2.35. The Morgan fingerprint density at radius 3 is 2.81 bits per heavy atom. The minimum absolute atomic E-state index is 0.0300. The molecule has 1 aromatic heterocycles. The Labute approximate surface area is 153 Å². The maximum Gasteiger partial charge on any atom is 0.260 e. The Hall–Kier alpha value is -2.75. The van der Waals surface area contributed by atoms with Crippen molar-refractivity contribution in [3.63, 3.8) is 0 Å². The highest BCUT2D eigenvalue weighted by Gasteiger charge is 2.38. The minimum Gasteiger partial charge on any atom is -0.387 e. The van der Waals surface area contributed by atoms with Crippen molar-refractivity contribution in [2.24, 2.45) is 0 Å². The number of nitrogens with zero attached hydrogens (tertiary/aromatic N) is 2. The standard InChI is InChI=1S/C22H23N3O/c26-22-19-13-18-10-4-5-12-24(18)21(19)14-20(16-7-6-11-23-15-16)25(22)17-8-2-1-3-9-17/h1-3,6-9,13,15,20,23H,4-5,10-12,14H2. The highest BCUT2D eigenvalue weighted by atomic mass is 16.2. The molecule has 26 heavy (non-hydrogen) atoms. The zero-order chi connectivity index (χ0) is 17.5. The Bertz CT molecular complexity index is 907. The van der Waals surface area contributed by atoms with Crippen LogP contribution in [0.1, 0.15) is 34.6 Å². The van der Waals surface area contributed by atoms with Crippen LogP contribution in [-0.4, -0.2) is 23.1 Å². The van der Waals surface area contributed by atoms with E-state index in [9.17, 15) is 4.79 Å².